The van der Waals surface area contributed by atoms with Gasteiger partial charge in [0.1, 0.15) is 0 Å². The van der Waals surface area contributed by atoms with Crippen LogP contribution < -0.4 is 10.2 Å². The summed E-state index contributed by atoms with van der Waals surface area (Å²) in [6, 6.07) is 6.00. The van der Waals surface area contributed by atoms with Gasteiger partial charge in [0.25, 0.3) is 0 Å². The molecule has 1 unspecified atom stereocenters. The second-order valence-electron chi connectivity index (χ2n) is 9.08. The Kier molecular flexibility index (Phi) is 8.35. The van der Waals surface area contributed by atoms with Gasteiger partial charge in [-0.25, -0.2) is 9.97 Å². The zero-order valence-electron chi connectivity index (χ0n) is 19.6. The molecule has 1 fully saturated rings. The molecule has 2 aromatic rings. The Hall–Kier alpha value is -2.88. The number of ether oxygens (including phenoxy) is 1. The summed E-state index contributed by atoms with van der Waals surface area (Å²) in [4.78, 5) is 20.4. The van der Waals surface area contributed by atoms with E-state index in [0.29, 0.717) is 30.5 Å². The Balaban J connectivity index is 2.00. The van der Waals surface area contributed by atoms with Gasteiger partial charge in [-0.05, 0) is 42.4 Å². The number of nitrogens with one attached hydrogen (secondary N) is 1. The van der Waals surface area contributed by atoms with E-state index in [4.69, 9.17) is 4.74 Å². The number of aliphatic carboxylic acids is 1. The van der Waals surface area contributed by atoms with Crippen molar-refractivity contribution in [1.29, 1.82) is 0 Å². The number of hydrogen-bond donors (Lipinski definition) is 2. The molecule has 0 saturated carbocycles. The summed E-state index contributed by atoms with van der Waals surface area (Å²) < 4.78 is 44.2. The standard InChI is InChI=1S/C24H31F3N4O3/c1-15(2)14-31(19-6-8-34-9-7-19)21-5-4-17(16(3)10-22(32)33)11-20(21)30-18-12-28-23(29-13-18)24(25,26)27/h4-5,11-13,15-16,19,30H,6-10,14H2,1-3H3,(H,32,33). The molecule has 1 aromatic carbocycles. The van der Waals surface area contributed by atoms with Crippen molar-refractivity contribution in [2.75, 3.05) is 30.0 Å². The van der Waals surface area contributed by atoms with Crippen molar-refractivity contribution in [1.82, 2.24) is 9.97 Å². The van der Waals surface area contributed by atoms with Gasteiger partial charge in [0.05, 0.1) is 35.9 Å². The zero-order chi connectivity index (χ0) is 24.9. The maximum Gasteiger partial charge on any atom is 0.451 e. The van der Waals surface area contributed by atoms with E-state index in [1.807, 2.05) is 25.1 Å². The summed E-state index contributed by atoms with van der Waals surface area (Å²) in [7, 11) is 0. The Bertz CT molecular complexity index is 961. The molecule has 34 heavy (non-hydrogen) atoms. The minimum atomic E-state index is -4.62. The third-order valence-corrected chi connectivity index (χ3v) is 5.76. The fourth-order valence-electron chi connectivity index (χ4n) is 4.12. The van der Waals surface area contributed by atoms with E-state index in [2.05, 4.69) is 34.0 Å². The molecule has 1 aromatic heterocycles. The second kappa shape index (κ2) is 11.0. The molecule has 1 saturated heterocycles. The van der Waals surface area contributed by atoms with Crippen LogP contribution in [0.5, 0.6) is 0 Å². The summed E-state index contributed by atoms with van der Waals surface area (Å²) in [6.07, 6.45) is -0.702. The number of carboxylic acids is 1. The van der Waals surface area contributed by atoms with Crippen LogP contribution in [0.3, 0.4) is 0 Å². The van der Waals surface area contributed by atoms with Crippen molar-refractivity contribution in [2.45, 2.75) is 58.2 Å². The van der Waals surface area contributed by atoms with Gasteiger partial charge in [0.15, 0.2) is 0 Å². The number of carboxylic acid groups (broad SMARTS) is 1. The highest BCUT2D eigenvalue weighted by atomic mass is 19.4. The summed E-state index contributed by atoms with van der Waals surface area (Å²) in [5.41, 5.74) is 2.70. The van der Waals surface area contributed by atoms with Crippen LogP contribution in [0.4, 0.5) is 30.2 Å². The molecule has 186 valence electrons. The van der Waals surface area contributed by atoms with Crippen LogP contribution in [0, 0.1) is 5.92 Å². The lowest BCUT2D eigenvalue weighted by Gasteiger charge is -2.38. The smallest absolute Gasteiger partial charge is 0.451 e. The number of rotatable bonds is 9. The molecule has 0 spiro atoms. The largest absolute Gasteiger partial charge is 0.481 e. The Morgan fingerprint density at radius 2 is 1.85 bits per heavy atom. The Morgan fingerprint density at radius 1 is 1.21 bits per heavy atom. The number of anilines is 3. The molecular formula is C24H31F3N4O3. The molecule has 1 aliphatic rings. The minimum absolute atomic E-state index is 0.0299. The van der Waals surface area contributed by atoms with E-state index in [-0.39, 0.29) is 18.4 Å². The first-order chi connectivity index (χ1) is 16.0. The molecule has 2 heterocycles. The van der Waals surface area contributed by atoms with Crippen molar-refractivity contribution in [3.63, 3.8) is 0 Å². The second-order valence-corrected chi connectivity index (χ2v) is 9.08. The number of hydrogen-bond acceptors (Lipinski definition) is 6. The van der Waals surface area contributed by atoms with Crippen LogP contribution >= 0.6 is 0 Å². The molecule has 0 aliphatic carbocycles. The third-order valence-electron chi connectivity index (χ3n) is 5.76. The van der Waals surface area contributed by atoms with E-state index >= 15 is 0 Å². The topological polar surface area (TPSA) is 87.6 Å². The molecule has 0 amide bonds. The van der Waals surface area contributed by atoms with Gasteiger partial charge in [-0.15, -0.1) is 0 Å². The zero-order valence-corrected chi connectivity index (χ0v) is 19.6. The number of aromatic nitrogens is 2. The van der Waals surface area contributed by atoms with E-state index < -0.39 is 18.0 Å². The number of alkyl halides is 3. The highest BCUT2D eigenvalue weighted by Crippen LogP contribution is 2.36. The van der Waals surface area contributed by atoms with Gasteiger partial charge in [-0.2, -0.15) is 13.2 Å². The first kappa shape index (κ1) is 25.7. The van der Waals surface area contributed by atoms with E-state index in [9.17, 15) is 23.1 Å². The molecule has 3 rings (SSSR count). The van der Waals surface area contributed by atoms with Crippen LogP contribution in [0.2, 0.25) is 0 Å². The Labute approximate surface area is 197 Å². The average molecular weight is 481 g/mol. The maximum absolute atomic E-state index is 12.9. The summed E-state index contributed by atoms with van der Waals surface area (Å²) in [6.45, 7) is 8.22. The quantitative estimate of drug-likeness (QED) is 0.493. The lowest BCUT2D eigenvalue weighted by atomic mass is 9.95. The number of halogens is 3. The van der Waals surface area contributed by atoms with Crippen molar-refractivity contribution in [2.24, 2.45) is 5.92 Å². The SMILES string of the molecule is CC(C)CN(c1ccc(C(C)CC(=O)O)cc1Nc1cnc(C(F)(F)F)nc1)C1CCOCC1. The van der Waals surface area contributed by atoms with Crippen LogP contribution in [0.25, 0.3) is 0 Å². The van der Waals surface area contributed by atoms with E-state index in [0.717, 1.165) is 43.0 Å². The van der Waals surface area contributed by atoms with Crippen molar-refractivity contribution >= 4 is 23.0 Å². The van der Waals surface area contributed by atoms with Gasteiger partial charge in [0, 0.05) is 25.8 Å². The van der Waals surface area contributed by atoms with Gasteiger partial charge in [-0.3, -0.25) is 4.79 Å². The van der Waals surface area contributed by atoms with Crippen LogP contribution in [-0.4, -0.2) is 46.8 Å². The van der Waals surface area contributed by atoms with Crippen molar-refractivity contribution in [3.05, 3.63) is 42.0 Å². The summed E-state index contributed by atoms with van der Waals surface area (Å²) in [5.74, 6) is -1.97. The number of benzene rings is 1. The molecule has 10 heteroatoms. The highest BCUT2D eigenvalue weighted by Gasteiger charge is 2.34. The van der Waals surface area contributed by atoms with E-state index in [1.165, 1.54) is 0 Å². The number of carbonyl (C=O) groups is 1. The fourth-order valence-corrected chi connectivity index (χ4v) is 4.12. The summed E-state index contributed by atoms with van der Waals surface area (Å²) in [5, 5.41) is 12.4. The lowest BCUT2D eigenvalue weighted by Crippen LogP contribution is -2.42. The number of nitrogens with zero attached hydrogens (tertiary/aromatic N) is 3. The first-order valence-corrected chi connectivity index (χ1v) is 11.4. The van der Waals surface area contributed by atoms with Gasteiger partial charge in [-0.1, -0.05) is 26.8 Å². The Morgan fingerprint density at radius 3 is 2.41 bits per heavy atom. The minimum Gasteiger partial charge on any atom is -0.481 e. The van der Waals surface area contributed by atoms with Crippen LogP contribution in [0.1, 0.15) is 57.3 Å². The average Bonchev–Trinajstić information content (AvgIpc) is 2.77. The molecular weight excluding hydrogens is 449 g/mol. The molecule has 1 atom stereocenters. The first-order valence-electron chi connectivity index (χ1n) is 11.4. The maximum atomic E-state index is 12.9. The van der Waals surface area contributed by atoms with Crippen LogP contribution in [-0.2, 0) is 15.7 Å². The normalized spacial score (nSPS) is 15.9. The monoisotopic (exact) mass is 480 g/mol. The van der Waals surface area contributed by atoms with Gasteiger partial charge in [0.2, 0.25) is 5.82 Å². The van der Waals surface area contributed by atoms with E-state index in [1.54, 1.807) is 0 Å². The molecule has 0 radical (unpaired) electrons. The lowest BCUT2D eigenvalue weighted by molar-refractivity contribution is -0.145. The molecule has 0 bridgehead atoms. The third kappa shape index (κ3) is 6.82. The molecule has 7 nitrogen and oxygen atoms in total. The highest BCUT2D eigenvalue weighted by molar-refractivity contribution is 5.77. The van der Waals surface area contributed by atoms with Gasteiger partial charge < -0.3 is 20.1 Å². The predicted octanol–water partition coefficient (Wildman–Crippen LogP) is 5.46. The van der Waals surface area contributed by atoms with Gasteiger partial charge >= 0.3 is 12.1 Å². The van der Waals surface area contributed by atoms with Crippen LogP contribution in [0.15, 0.2) is 30.6 Å². The predicted molar refractivity (Wildman–Crippen MR) is 123 cm³/mol. The van der Waals surface area contributed by atoms with Crippen molar-refractivity contribution < 1.29 is 27.8 Å². The molecule has 1 aliphatic heterocycles. The fraction of sp³-hybridized carbons (Fsp3) is 0.542. The van der Waals surface area contributed by atoms with Crippen molar-refractivity contribution in [3.8, 4) is 0 Å². The summed E-state index contributed by atoms with van der Waals surface area (Å²) >= 11 is 0. The molecule has 2 N–H and O–H groups in total.